The van der Waals surface area contributed by atoms with E-state index in [0.717, 1.165) is 32.5 Å². The van der Waals surface area contributed by atoms with E-state index in [4.69, 9.17) is 0 Å². The zero-order chi connectivity index (χ0) is 27.3. The molecule has 4 rings (SSSR count). The standard InChI is InChI=1S/C25H30F3N7O2S/c1-16-9-12-29-11-5-8-20(16)35-13-10-18(15-35)30-23-32-33-24(38-23)31-22(36)21(34(2)3)17-6-4-7-19(14-17)37-25(26,27)28/h4-8,11,14,18,21H,9-10,12-13,15H2,1-3H3,(H,30,32)(H,31,33,36)/t18-,21+/m1/s1. The minimum absolute atomic E-state index is 0.171. The molecule has 1 saturated heterocycles. The molecule has 2 atom stereocenters. The summed E-state index contributed by atoms with van der Waals surface area (Å²) in [6.45, 7) is 4.65. The minimum atomic E-state index is -4.82. The molecule has 2 aromatic rings. The number of hydrogen-bond acceptors (Lipinski definition) is 9. The predicted molar refractivity (Wildman–Crippen MR) is 142 cm³/mol. The van der Waals surface area contributed by atoms with Gasteiger partial charge in [-0.15, -0.1) is 23.4 Å². The van der Waals surface area contributed by atoms with Crippen molar-refractivity contribution in [3.05, 3.63) is 53.3 Å². The van der Waals surface area contributed by atoms with Gasteiger partial charge in [0.1, 0.15) is 11.8 Å². The van der Waals surface area contributed by atoms with Crippen LogP contribution < -0.4 is 15.4 Å². The van der Waals surface area contributed by atoms with Crippen LogP contribution >= 0.6 is 11.3 Å². The second kappa shape index (κ2) is 11.9. The number of ether oxygens (including phenoxy) is 1. The average Bonchev–Trinajstić information content (AvgIpc) is 3.45. The Morgan fingerprint density at radius 1 is 1.26 bits per heavy atom. The summed E-state index contributed by atoms with van der Waals surface area (Å²) in [6.07, 6.45) is 2.95. The van der Waals surface area contributed by atoms with Gasteiger partial charge in [-0.05, 0) is 69.3 Å². The van der Waals surface area contributed by atoms with Crippen LogP contribution in [0, 0.1) is 0 Å². The highest BCUT2D eigenvalue weighted by Gasteiger charge is 2.32. The third-order valence-electron chi connectivity index (χ3n) is 6.18. The number of alkyl halides is 3. The number of benzene rings is 1. The van der Waals surface area contributed by atoms with E-state index in [0.29, 0.717) is 15.8 Å². The van der Waals surface area contributed by atoms with Gasteiger partial charge in [0.25, 0.3) is 0 Å². The number of nitrogens with one attached hydrogen (secondary N) is 2. The van der Waals surface area contributed by atoms with Gasteiger partial charge in [-0.2, -0.15) is 0 Å². The Labute approximate surface area is 223 Å². The molecular weight excluding hydrogens is 519 g/mol. The Morgan fingerprint density at radius 3 is 2.82 bits per heavy atom. The lowest BCUT2D eigenvalue weighted by atomic mass is 10.0. The molecule has 13 heteroatoms. The average molecular weight is 550 g/mol. The number of hydrogen-bond donors (Lipinski definition) is 2. The third kappa shape index (κ3) is 7.32. The fourth-order valence-electron chi connectivity index (χ4n) is 4.49. The van der Waals surface area contributed by atoms with E-state index in [1.165, 1.54) is 40.8 Å². The Hall–Kier alpha value is -3.45. The van der Waals surface area contributed by atoms with Gasteiger partial charge < -0.3 is 15.0 Å². The Morgan fingerprint density at radius 2 is 2.05 bits per heavy atom. The predicted octanol–water partition coefficient (Wildman–Crippen LogP) is 4.47. The first-order chi connectivity index (χ1) is 18.1. The fourth-order valence-corrected chi connectivity index (χ4v) is 5.21. The quantitative estimate of drug-likeness (QED) is 0.502. The van der Waals surface area contributed by atoms with Crippen molar-refractivity contribution >= 4 is 33.7 Å². The molecule has 1 fully saturated rings. The lowest BCUT2D eigenvalue weighted by Gasteiger charge is -2.23. The molecular formula is C25H30F3N7O2S. The summed E-state index contributed by atoms with van der Waals surface area (Å²) in [5, 5.41) is 15.3. The van der Waals surface area contributed by atoms with E-state index in [2.05, 4.69) is 48.5 Å². The van der Waals surface area contributed by atoms with Crippen molar-refractivity contribution in [2.75, 3.05) is 44.4 Å². The highest BCUT2D eigenvalue weighted by Crippen LogP contribution is 2.30. The van der Waals surface area contributed by atoms with Crippen LogP contribution in [0.5, 0.6) is 5.75 Å². The maximum Gasteiger partial charge on any atom is 0.573 e. The first kappa shape index (κ1) is 27.6. The van der Waals surface area contributed by atoms with Gasteiger partial charge >= 0.3 is 6.36 Å². The number of likely N-dealkylation sites (N-methyl/N-ethyl adjacent to an activating group) is 1. The van der Waals surface area contributed by atoms with Crippen molar-refractivity contribution in [2.24, 2.45) is 4.99 Å². The molecule has 2 aliphatic rings. The molecule has 9 nitrogen and oxygen atoms in total. The van der Waals surface area contributed by atoms with E-state index < -0.39 is 24.1 Å². The highest BCUT2D eigenvalue weighted by atomic mass is 32.1. The number of carbonyl (C=O) groups excluding carboxylic acids is 1. The highest BCUT2D eigenvalue weighted by molar-refractivity contribution is 7.19. The van der Waals surface area contributed by atoms with Gasteiger partial charge in [0.2, 0.25) is 16.2 Å². The molecule has 1 amide bonds. The molecule has 0 aliphatic carbocycles. The molecule has 1 aromatic heterocycles. The zero-order valence-electron chi connectivity index (χ0n) is 21.3. The normalized spacial score (nSPS) is 18.9. The molecule has 0 saturated carbocycles. The molecule has 0 bridgehead atoms. The van der Waals surface area contributed by atoms with Crippen molar-refractivity contribution in [3.8, 4) is 5.75 Å². The number of halogens is 3. The number of carbonyl (C=O) groups is 1. The summed E-state index contributed by atoms with van der Waals surface area (Å²) in [5.41, 5.74) is 2.89. The van der Waals surface area contributed by atoms with Crippen molar-refractivity contribution in [3.63, 3.8) is 0 Å². The van der Waals surface area contributed by atoms with Crippen LogP contribution in [0.4, 0.5) is 23.4 Å². The van der Waals surface area contributed by atoms with Crippen LogP contribution in [-0.4, -0.2) is 78.3 Å². The molecule has 2 N–H and O–H groups in total. The second-order valence-corrected chi connectivity index (χ2v) is 10.3. The largest absolute Gasteiger partial charge is 0.573 e. The topological polar surface area (TPSA) is 95.0 Å². The van der Waals surface area contributed by atoms with E-state index in [1.54, 1.807) is 25.1 Å². The molecule has 0 spiro atoms. The smallest absolute Gasteiger partial charge is 0.406 e. The number of aliphatic imine (C=N–C) groups is 1. The van der Waals surface area contributed by atoms with Gasteiger partial charge in [-0.1, -0.05) is 23.5 Å². The van der Waals surface area contributed by atoms with Gasteiger partial charge in [0, 0.05) is 37.6 Å². The van der Waals surface area contributed by atoms with Gasteiger partial charge in [-0.3, -0.25) is 20.0 Å². The minimum Gasteiger partial charge on any atom is -0.406 e. The van der Waals surface area contributed by atoms with Gasteiger partial charge in [0.05, 0.1) is 0 Å². The first-order valence-electron chi connectivity index (χ1n) is 12.1. The first-order valence-corrected chi connectivity index (χ1v) is 12.9. The van der Waals surface area contributed by atoms with Crippen LogP contribution in [0.25, 0.3) is 0 Å². The number of likely N-dealkylation sites (tertiary alicyclic amines) is 1. The molecule has 0 unspecified atom stereocenters. The number of anilines is 2. The number of amides is 1. The van der Waals surface area contributed by atoms with Crippen LogP contribution in [-0.2, 0) is 4.79 Å². The summed E-state index contributed by atoms with van der Waals surface area (Å²) in [6, 6.07) is 4.68. The number of rotatable bonds is 8. The molecule has 204 valence electrons. The van der Waals surface area contributed by atoms with Crippen LogP contribution in [0.15, 0.2) is 52.7 Å². The SMILES string of the molecule is CC1=C(N2CC[C@@H](Nc3nnc(NC(=O)[C@H](c4cccc(OC(F)(F)F)c4)N(C)C)s3)C2)C=CC=NCC1. The summed E-state index contributed by atoms with van der Waals surface area (Å²) in [7, 11) is 3.32. The lowest BCUT2D eigenvalue weighted by Crippen LogP contribution is -2.32. The van der Waals surface area contributed by atoms with Crippen molar-refractivity contribution in [2.45, 2.75) is 38.2 Å². The molecule has 3 heterocycles. The van der Waals surface area contributed by atoms with Crippen molar-refractivity contribution in [1.82, 2.24) is 20.0 Å². The molecule has 0 radical (unpaired) electrons. The zero-order valence-corrected chi connectivity index (χ0v) is 22.1. The monoisotopic (exact) mass is 549 g/mol. The third-order valence-corrected chi connectivity index (χ3v) is 6.95. The van der Waals surface area contributed by atoms with Crippen LogP contribution in [0.2, 0.25) is 0 Å². The van der Waals surface area contributed by atoms with E-state index in [-0.39, 0.29) is 6.04 Å². The van der Waals surface area contributed by atoms with Crippen molar-refractivity contribution < 1.29 is 22.7 Å². The molecule has 1 aromatic carbocycles. The number of aromatic nitrogens is 2. The number of allylic oxidation sites excluding steroid dienone is 2. The van der Waals surface area contributed by atoms with Gasteiger partial charge in [-0.25, -0.2) is 0 Å². The van der Waals surface area contributed by atoms with E-state index in [1.807, 2.05) is 12.3 Å². The molecule has 38 heavy (non-hydrogen) atoms. The Bertz CT molecular complexity index is 1230. The lowest BCUT2D eigenvalue weighted by molar-refractivity contribution is -0.274. The van der Waals surface area contributed by atoms with Crippen LogP contribution in [0.1, 0.15) is 31.4 Å². The summed E-state index contributed by atoms with van der Waals surface area (Å²) in [5.74, 6) is -0.840. The van der Waals surface area contributed by atoms with Gasteiger partial charge in [0.15, 0.2) is 0 Å². The summed E-state index contributed by atoms with van der Waals surface area (Å²) in [4.78, 5) is 21.4. The Balaban J connectivity index is 1.38. The van der Waals surface area contributed by atoms with Crippen LogP contribution in [0.3, 0.4) is 0 Å². The maximum atomic E-state index is 13.1. The summed E-state index contributed by atoms with van der Waals surface area (Å²) >= 11 is 1.21. The van der Waals surface area contributed by atoms with E-state index in [9.17, 15) is 18.0 Å². The Kier molecular flexibility index (Phi) is 8.67. The fraction of sp³-hybridized carbons (Fsp3) is 0.440. The molecule has 2 aliphatic heterocycles. The van der Waals surface area contributed by atoms with E-state index >= 15 is 0 Å². The summed E-state index contributed by atoms with van der Waals surface area (Å²) < 4.78 is 41.9. The number of nitrogens with zero attached hydrogens (tertiary/aromatic N) is 5. The van der Waals surface area contributed by atoms with Crippen molar-refractivity contribution in [1.29, 1.82) is 0 Å². The maximum absolute atomic E-state index is 13.1. The second-order valence-electron chi connectivity index (χ2n) is 9.29.